The zero-order valence-corrected chi connectivity index (χ0v) is 26.2. The van der Waals surface area contributed by atoms with E-state index in [1.54, 1.807) is 0 Å². The fourth-order valence-electron chi connectivity index (χ4n) is 5.47. The van der Waals surface area contributed by atoms with Gasteiger partial charge in [-0.1, -0.05) is 65.0 Å². The first kappa shape index (κ1) is 34.3. The number of ether oxygens (including phenoxy) is 1. The minimum Gasteiger partial charge on any atom is -0.484 e. The van der Waals surface area contributed by atoms with Crippen molar-refractivity contribution in [1.82, 2.24) is 5.32 Å². The minimum atomic E-state index is -1.06. The van der Waals surface area contributed by atoms with Gasteiger partial charge >= 0.3 is 5.97 Å². The third-order valence-electron chi connectivity index (χ3n) is 8.46. The Morgan fingerprint density at radius 2 is 1.56 bits per heavy atom. The first-order chi connectivity index (χ1) is 19.3. The van der Waals surface area contributed by atoms with Gasteiger partial charge in [-0.2, -0.15) is 0 Å². The fraction of sp³-hybridized carbons (Fsp3) is 0.588. The van der Waals surface area contributed by atoms with E-state index in [9.17, 15) is 19.8 Å². The Bertz CT molecular complexity index is 1150. The fourth-order valence-corrected chi connectivity index (χ4v) is 5.47. The van der Waals surface area contributed by atoms with Gasteiger partial charge in [0.15, 0.2) is 6.61 Å². The number of aliphatic hydroxyl groups excluding tert-OH is 1. The van der Waals surface area contributed by atoms with Gasteiger partial charge < -0.3 is 26.0 Å². The first-order valence-corrected chi connectivity index (χ1v) is 15.0. The topological polar surface area (TPSA) is 122 Å². The van der Waals surface area contributed by atoms with Crippen molar-refractivity contribution in [3.63, 3.8) is 0 Å². The number of carbonyl (C=O) groups excluding carboxylic acids is 1. The highest BCUT2D eigenvalue weighted by Gasteiger charge is 2.32. The Labute approximate surface area is 246 Å². The van der Waals surface area contributed by atoms with Gasteiger partial charge in [-0.25, -0.2) is 4.79 Å². The molecule has 0 heterocycles. The van der Waals surface area contributed by atoms with Gasteiger partial charge in [0.1, 0.15) is 11.8 Å². The molecule has 0 spiro atoms. The number of nitrogens with two attached hydrogens (primary N) is 1. The van der Waals surface area contributed by atoms with Crippen molar-refractivity contribution < 1.29 is 24.5 Å². The van der Waals surface area contributed by atoms with Gasteiger partial charge in [0, 0.05) is 5.41 Å². The number of amides is 1. The molecule has 0 aliphatic carbocycles. The molecule has 2 aromatic rings. The molecule has 0 bridgehead atoms. The summed E-state index contributed by atoms with van der Waals surface area (Å²) in [5.41, 5.74) is 11.1. The van der Waals surface area contributed by atoms with Crippen LogP contribution in [0.5, 0.6) is 5.75 Å². The zero-order chi connectivity index (χ0) is 30.8. The Morgan fingerprint density at radius 3 is 2.07 bits per heavy atom. The molecule has 0 aromatic heterocycles. The van der Waals surface area contributed by atoms with Crippen LogP contribution in [0.25, 0.3) is 0 Å². The number of aryl methyl sites for hydroxylation is 3. The maximum atomic E-state index is 12.4. The minimum absolute atomic E-state index is 0.129. The average molecular weight is 569 g/mol. The van der Waals surface area contributed by atoms with Crippen molar-refractivity contribution in [1.29, 1.82) is 0 Å². The second kappa shape index (κ2) is 15.4. The van der Waals surface area contributed by atoms with Gasteiger partial charge in [-0.3, -0.25) is 4.79 Å². The lowest BCUT2D eigenvalue weighted by Crippen LogP contribution is -2.43. The summed E-state index contributed by atoms with van der Waals surface area (Å²) in [6.45, 7) is 15.0. The van der Waals surface area contributed by atoms with Gasteiger partial charge in [0.2, 0.25) is 0 Å². The van der Waals surface area contributed by atoms with Crippen LogP contribution in [0.3, 0.4) is 0 Å². The monoisotopic (exact) mass is 568 g/mol. The van der Waals surface area contributed by atoms with Crippen LogP contribution in [0.1, 0.15) is 101 Å². The van der Waals surface area contributed by atoms with Crippen LogP contribution in [0.2, 0.25) is 0 Å². The molecule has 0 aliphatic rings. The molecular weight excluding hydrogens is 516 g/mol. The third-order valence-corrected chi connectivity index (χ3v) is 8.46. The molecular formula is C34H52N2O5. The number of unbranched alkanes of at least 4 members (excludes halogenated alkanes) is 1. The largest absolute Gasteiger partial charge is 0.484 e. The third kappa shape index (κ3) is 9.30. The summed E-state index contributed by atoms with van der Waals surface area (Å²) in [5.74, 6) is -0.920. The van der Waals surface area contributed by atoms with Crippen molar-refractivity contribution in [2.75, 3.05) is 13.2 Å². The lowest BCUT2D eigenvalue weighted by Gasteiger charge is -2.34. The van der Waals surface area contributed by atoms with E-state index in [-0.39, 0.29) is 23.5 Å². The number of hydrogen-bond donors (Lipinski definition) is 4. The van der Waals surface area contributed by atoms with Crippen molar-refractivity contribution in [2.24, 2.45) is 11.1 Å². The van der Waals surface area contributed by atoms with Gasteiger partial charge in [-0.15, -0.1) is 0 Å². The average Bonchev–Trinajstić information content (AvgIpc) is 2.91. The number of aliphatic carboxylic acids is 1. The molecule has 0 fully saturated rings. The second-order valence-electron chi connectivity index (χ2n) is 12.4. The lowest BCUT2D eigenvalue weighted by atomic mass is 9.69. The van der Waals surface area contributed by atoms with E-state index in [4.69, 9.17) is 10.5 Å². The summed E-state index contributed by atoms with van der Waals surface area (Å²) in [5, 5.41) is 22.5. The molecule has 0 saturated carbocycles. The van der Waals surface area contributed by atoms with Gasteiger partial charge in [0.05, 0.1) is 6.10 Å². The SMILES string of the molecule is CCC(CC)(c1ccc(CCC(O)C(C)(C)C)c(C)c1)c1ccc(OCC(=O)N[C@@H](CCCCN)C(=O)O)c(C)c1. The van der Waals surface area contributed by atoms with Crippen LogP contribution in [0, 0.1) is 19.3 Å². The number of carbonyl (C=O) groups is 2. The molecule has 0 aliphatic heterocycles. The van der Waals surface area contributed by atoms with E-state index < -0.39 is 17.9 Å². The molecule has 1 amide bonds. The number of benzene rings is 2. The number of rotatable bonds is 16. The molecule has 2 rings (SSSR count). The Kier molecular flexibility index (Phi) is 12.9. The number of hydrogen-bond acceptors (Lipinski definition) is 5. The van der Waals surface area contributed by atoms with Crippen LogP contribution >= 0.6 is 0 Å². The van der Waals surface area contributed by atoms with E-state index in [1.807, 2.05) is 13.0 Å². The highest BCUT2D eigenvalue weighted by atomic mass is 16.5. The van der Waals surface area contributed by atoms with Crippen molar-refractivity contribution in [3.05, 3.63) is 64.2 Å². The first-order valence-electron chi connectivity index (χ1n) is 15.0. The van der Waals surface area contributed by atoms with Crippen molar-refractivity contribution in [2.45, 2.75) is 111 Å². The van der Waals surface area contributed by atoms with Crippen LogP contribution in [0.4, 0.5) is 0 Å². The predicted octanol–water partition coefficient (Wildman–Crippen LogP) is 5.83. The molecule has 0 saturated heterocycles. The van der Waals surface area contributed by atoms with Crippen molar-refractivity contribution in [3.8, 4) is 5.75 Å². The quantitative estimate of drug-likeness (QED) is 0.189. The van der Waals surface area contributed by atoms with E-state index in [1.165, 1.54) is 22.3 Å². The van der Waals surface area contributed by atoms with E-state index in [0.29, 0.717) is 31.6 Å². The maximum absolute atomic E-state index is 12.4. The number of carboxylic acid groups (broad SMARTS) is 1. The summed E-state index contributed by atoms with van der Waals surface area (Å²) >= 11 is 0. The van der Waals surface area contributed by atoms with Crippen LogP contribution < -0.4 is 15.8 Å². The second-order valence-corrected chi connectivity index (χ2v) is 12.4. The standard InChI is InChI=1S/C34H52N2O5/c1-8-34(9-2,26-15-13-25(23(3)20-26)14-18-30(37)33(5,6)7)27-16-17-29(24(4)21-27)41-22-31(38)36-28(32(39)40)12-10-11-19-35/h13,15-17,20-21,28,30,37H,8-12,14,18-19,22,35H2,1-7H3,(H,36,38)(H,39,40)/t28-,30?/m0/s1. The number of carboxylic acids is 1. The molecule has 5 N–H and O–H groups in total. The zero-order valence-electron chi connectivity index (χ0n) is 26.2. The summed E-state index contributed by atoms with van der Waals surface area (Å²) < 4.78 is 5.80. The molecule has 2 aromatic carbocycles. The highest BCUT2D eigenvalue weighted by molar-refractivity contribution is 5.84. The smallest absolute Gasteiger partial charge is 0.326 e. The molecule has 7 nitrogen and oxygen atoms in total. The van der Waals surface area contributed by atoms with Crippen LogP contribution in [0.15, 0.2) is 36.4 Å². The number of nitrogens with one attached hydrogen (secondary N) is 1. The maximum Gasteiger partial charge on any atom is 0.326 e. The molecule has 41 heavy (non-hydrogen) atoms. The summed E-state index contributed by atoms with van der Waals surface area (Å²) in [7, 11) is 0. The summed E-state index contributed by atoms with van der Waals surface area (Å²) in [6.07, 6.45) is 4.76. The molecule has 7 heteroatoms. The molecule has 2 atom stereocenters. The molecule has 228 valence electrons. The predicted molar refractivity (Wildman–Crippen MR) is 165 cm³/mol. The Hall–Kier alpha value is -2.90. The molecule has 1 unspecified atom stereocenters. The van der Waals surface area contributed by atoms with Crippen LogP contribution in [-0.4, -0.2) is 47.4 Å². The molecule has 0 radical (unpaired) electrons. The normalized spacial score (nSPS) is 13.5. The number of aliphatic hydroxyl groups is 1. The van der Waals surface area contributed by atoms with E-state index in [2.05, 4.69) is 77.2 Å². The summed E-state index contributed by atoms with van der Waals surface area (Å²) in [4.78, 5) is 23.9. The van der Waals surface area contributed by atoms with Gasteiger partial charge in [0.25, 0.3) is 5.91 Å². The van der Waals surface area contributed by atoms with Crippen molar-refractivity contribution >= 4 is 11.9 Å². The Balaban J connectivity index is 2.18. The van der Waals surface area contributed by atoms with E-state index in [0.717, 1.165) is 31.2 Å². The Morgan fingerprint density at radius 1 is 0.951 bits per heavy atom. The highest BCUT2D eigenvalue weighted by Crippen LogP contribution is 2.41. The van der Waals surface area contributed by atoms with E-state index >= 15 is 0 Å². The summed E-state index contributed by atoms with van der Waals surface area (Å²) in [6, 6.07) is 11.9. The lowest BCUT2D eigenvalue weighted by molar-refractivity contribution is -0.142. The van der Waals surface area contributed by atoms with Crippen LogP contribution in [-0.2, 0) is 21.4 Å². The van der Waals surface area contributed by atoms with Gasteiger partial charge in [-0.05, 0) is 105 Å².